The van der Waals surface area contributed by atoms with Gasteiger partial charge in [0.1, 0.15) is 11.7 Å². The Hall–Kier alpha value is -4.54. The molecule has 0 radical (unpaired) electrons. The van der Waals surface area contributed by atoms with Crippen LogP contribution in [0.3, 0.4) is 0 Å². The molecular weight excluding hydrogens is 564 g/mol. The maximum Gasteiger partial charge on any atom is 0.283 e. The van der Waals surface area contributed by atoms with Crippen molar-refractivity contribution in [3.8, 4) is 0 Å². The molecule has 1 atom stereocenters. The summed E-state index contributed by atoms with van der Waals surface area (Å²) in [5, 5.41) is 0.361. The Kier molecular flexibility index (Phi) is 9.48. The van der Waals surface area contributed by atoms with Crippen molar-refractivity contribution < 1.29 is 23.9 Å². The Labute approximate surface area is 254 Å². The standard InChI is InChI=1S/C33H32N4O5S/c1-23-14-16-24(17-15-23)20-27-31(40)37(26-12-7-4-8-13-26)33(34-27)43-22-30(39)35(18-9-19-42-2)28-21-29(38)36(32(28)41)25-10-5-3-6-11-25/h3-8,10-17,20,28H,9,18-19,21-22H2,1-2H3/b27-20+/t28-/m1/s1. The fourth-order valence-electron chi connectivity index (χ4n) is 4.97. The summed E-state index contributed by atoms with van der Waals surface area (Å²) < 4.78 is 5.18. The number of aryl methyl sites for hydroxylation is 1. The van der Waals surface area contributed by atoms with Gasteiger partial charge >= 0.3 is 0 Å². The molecule has 3 aromatic carbocycles. The first-order valence-electron chi connectivity index (χ1n) is 14.0. The first-order valence-corrected chi connectivity index (χ1v) is 15.0. The zero-order valence-electron chi connectivity index (χ0n) is 24.0. The summed E-state index contributed by atoms with van der Waals surface area (Å²) in [5.74, 6) is -1.50. The lowest BCUT2D eigenvalue weighted by atomic mass is 10.1. The van der Waals surface area contributed by atoms with Gasteiger partial charge in [0, 0.05) is 20.3 Å². The van der Waals surface area contributed by atoms with Gasteiger partial charge in [-0.3, -0.25) is 24.1 Å². The third-order valence-electron chi connectivity index (χ3n) is 7.13. The maximum absolute atomic E-state index is 13.7. The van der Waals surface area contributed by atoms with Crippen LogP contribution >= 0.6 is 11.8 Å². The molecule has 2 heterocycles. The molecule has 0 bridgehead atoms. The topological polar surface area (TPSA) is 99.6 Å². The lowest BCUT2D eigenvalue weighted by Gasteiger charge is -2.28. The van der Waals surface area contributed by atoms with Gasteiger partial charge in [-0.15, -0.1) is 0 Å². The fraction of sp³-hybridized carbons (Fsp3) is 0.242. The van der Waals surface area contributed by atoms with Crippen molar-refractivity contribution in [3.63, 3.8) is 0 Å². The van der Waals surface area contributed by atoms with E-state index in [1.165, 1.54) is 9.80 Å². The zero-order valence-corrected chi connectivity index (χ0v) is 24.8. The van der Waals surface area contributed by atoms with E-state index < -0.39 is 11.9 Å². The van der Waals surface area contributed by atoms with Gasteiger partial charge in [-0.2, -0.15) is 0 Å². The van der Waals surface area contributed by atoms with Crippen LogP contribution in [0.5, 0.6) is 0 Å². The molecule has 4 amide bonds. The van der Waals surface area contributed by atoms with E-state index in [0.29, 0.717) is 29.6 Å². The van der Waals surface area contributed by atoms with Crippen LogP contribution < -0.4 is 9.80 Å². The van der Waals surface area contributed by atoms with Gasteiger partial charge in [-0.05, 0) is 49.2 Å². The monoisotopic (exact) mass is 596 g/mol. The summed E-state index contributed by atoms with van der Waals surface area (Å²) >= 11 is 1.12. The molecule has 220 valence electrons. The number of benzene rings is 3. The number of carbonyl (C=O) groups excluding carboxylic acids is 4. The number of aliphatic imine (C=N–C) groups is 1. The van der Waals surface area contributed by atoms with E-state index in [2.05, 4.69) is 4.99 Å². The highest BCUT2D eigenvalue weighted by Crippen LogP contribution is 2.31. The highest BCUT2D eigenvalue weighted by Gasteiger charge is 2.44. The van der Waals surface area contributed by atoms with E-state index in [-0.39, 0.29) is 42.1 Å². The van der Waals surface area contributed by atoms with Gasteiger partial charge < -0.3 is 9.64 Å². The number of hydrogen-bond donors (Lipinski definition) is 0. The van der Waals surface area contributed by atoms with E-state index in [9.17, 15) is 19.2 Å². The van der Waals surface area contributed by atoms with Crippen LogP contribution in [-0.4, -0.2) is 65.8 Å². The number of methoxy groups -OCH3 is 1. The number of carbonyl (C=O) groups is 4. The summed E-state index contributed by atoms with van der Waals surface area (Å²) in [6, 6.07) is 24.7. The molecule has 0 aliphatic carbocycles. The van der Waals surface area contributed by atoms with E-state index >= 15 is 0 Å². The molecular formula is C33H32N4O5S. The number of amides is 4. The molecule has 0 saturated carbocycles. The number of hydrogen-bond acceptors (Lipinski definition) is 7. The van der Waals surface area contributed by atoms with Crippen molar-refractivity contribution in [2.24, 2.45) is 4.99 Å². The number of para-hydroxylation sites is 2. The van der Waals surface area contributed by atoms with Crippen LogP contribution in [-0.2, 0) is 23.9 Å². The molecule has 43 heavy (non-hydrogen) atoms. The highest BCUT2D eigenvalue weighted by molar-refractivity contribution is 8.14. The molecule has 10 heteroatoms. The largest absolute Gasteiger partial charge is 0.385 e. The van der Waals surface area contributed by atoms with Crippen LogP contribution in [0.1, 0.15) is 24.0 Å². The average molecular weight is 597 g/mol. The summed E-state index contributed by atoms with van der Waals surface area (Å²) in [6.07, 6.45) is 2.12. The lowest BCUT2D eigenvalue weighted by Crippen LogP contribution is -2.47. The molecule has 2 aliphatic heterocycles. The van der Waals surface area contributed by atoms with Gasteiger partial charge in [-0.25, -0.2) is 9.89 Å². The molecule has 2 aliphatic rings. The van der Waals surface area contributed by atoms with Crippen LogP contribution in [0.25, 0.3) is 6.08 Å². The van der Waals surface area contributed by atoms with Crippen molar-refractivity contribution in [2.45, 2.75) is 25.8 Å². The molecule has 3 aromatic rings. The average Bonchev–Trinajstić information content (AvgIpc) is 3.49. The molecule has 0 spiro atoms. The van der Waals surface area contributed by atoms with Gasteiger partial charge in [0.25, 0.3) is 11.8 Å². The van der Waals surface area contributed by atoms with Crippen molar-refractivity contribution in [2.75, 3.05) is 35.8 Å². The van der Waals surface area contributed by atoms with Crippen molar-refractivity contribution in [1.82, 2.24) is 4.90 Å². The van der Waals surface area contributed by atoms with Gasteiger partial charge in [0.2, 0.25) is 11.8 Å². The Morgan fingerprint density at radius 1 is 0.953 bits per heavy atom. The first kappa shape index (κ1) is 29.9. The van der Waals surface area contributed by atoms with E-state index in [1.54, 1.807) is 43.5 Å². The smallest absolute Gasteiger partial charge is 0.283 e. The second-order valence-electron chi connectivity index (χ2n) is 10.2. The number of ether oxygens (including phenoxy) is 1. The molecule has 1 saturated heterocycles. The molecule has 9 nitrogen and oxygen atoms in total. The van der Waals surface area contributed by atoms with Gasteiger partial charge in [-0.1, -0.05) is 78.0 Å². The Morgan fingerprint density at radius 2 is 1.58 bits per heavy atom. The predicted octanol–water partition coefficient (Wildman–Crippen LogP) is 4.67. The lowest BCUT2D eigenvalue weighted by molar-refractivity contribution is -0.136. The SMILES string of the molecule is COCCCN(C(=O)CSC1=N/C(=C/c2ccc(C)cc2)C(=O)N1c1ccccc1)[C@@H]1CC(=O)N(c2ccccc2)C1=O. The molecule has 5 rings (SSSR count). The van der Waals surface area contributed by atoms with E-state index in [0.717, 1.165) is 27.8 Å². The molecule has 0 unspecified atom stereocenters. The third kappa shape index (κ3) is 6.76. The first-order chi connectivity index (χ1) is 20.9. The highest BCUT2D eigenvalue weighted by atomic mass is 32.2. The van der Waals surface area contributed by atoms with Crippen LogP contribution in [0, 0.1) is 6.92 Å². The Morgan fingerprint density at radius 3 is 2.21 bits per heavy atom. The zero-order chi connectivity index (χ0) is 30.3. The molecule has 0 aromatic heterocycles. The second kappa shape index (κ2) is 13.6. The normalized spacial score (nSPS) is 17.6. The maximum atomic E-state index is 13.7. The number of amidine groups is 1. The van der Waals surface area contributed by atoms with Gasteiger partial charge in [0.15, 0.2) is 5.17 Å². The summed E-state index contributed by atoms with van der Waals surface area (Å²) in [5.41, 5.74) is 3.31. The Balaban J connectivity index is 1.38. The minimum Gasteiger partial charge on any atom is -0.385 e. The fourth-order valence-corrected chi connectivity index (χ4v) is 5.87. The molecule has 1 fully saturated rings. The minimum absolute atomic E-state index is 0.0798. The number of nitrogens with zero attached hydrogens (tertiary/aromatic N) is 4. The van der Waals surface area contributed by atoms with Crippen molar-refractivity contribution in [3.05, 3.63) is 102 Å². The predicted molar refractivity (Wildman–Crippen MR) is 169 cm³/mol. The number of anilines is 2. The summed E-state index contributed by atoms with van der Waals surface area (Å²) in [7, 11) is 1.57. The summed E-state index contributed by atoms with van der Waals surface area (Å²) in [4.78, 5) is 62.4. The van der Waals surface area contributed by atoms with Crippen LogP contribution in [0.4, 0.5) is 11.4 Å². The van der Waals surface area contributed by atoms with E-state index in [1.807, 2.05) is 61.5 Å². The summed E-state index contributed by atoms with van der Waals surface area (Å²) in [6.45, 7) is 2.63. The second-order valence-corrected chi connectivity index (χ2v) is 11.1. The third-order valence-corrected chi connectivity index (χ3v) is 8.05. The van der Waals surface area contributed by atoms with E-state index in [4.69, 9.17) is 4.74 Å². The number of thioether (sulfide) groups is 1. The Bertz CT molecular complexity index is 1560. The molecule has 0 N–H and O–H groups in total. The van der Waals surface area contributed by atoms with Crippen molar-refractivity contribution in [1.29, 1.82) is 0 Å². The van der Waals surface area contributed by atoms with Crippen LogP contribution in [0.15, 0.2) is 95.6 Å². The minimum atomic E-state index is -0.924. The number of imide groups is 1. The van der Waals surface area contributed by atoms with Crippen LogP contribution in [0.2, 0.25) is 0 Å². The number of rotatable bonds is 10. The van der Waals surface area contributed by atoms with Crippen molar-refractivity contribution >= 4 is 58.0 Å². The quantitative estimate of drug-likeness (QED) is 0.192. The van der Waals surface area contributed by atoms with Gasteiger partial charge in [0.05, 0.1) is 23.5 Å².